The van der Waals surface area contributed by atoms with E-state index < -0.39 is 0 Å². The van der Waals surface area contributed by atoms with E-state index in [1.165, 1.54) is 12.8 Å². The molecule has 0 aliphatic rings. The number of nitrogens with one attached hydrogen (secondary N) is 1. The number of hydrogen-bond acceptors (Lipinski definition) is 3. The van der Waals surface area contributed by atoms with Crippen LogP contribution in [0.3, 0.4) is 0 Å². The number of rotatable bonds is 7. The van der Waals surface area contributed by atoms with Gasteiger partial charge in [-0.3, -0.25) is 4.99 Å². The summed E-state index contributed by atoms with van der Waals surface area (Å²) in [7, 11) is 0. The summed E-state index contributed by atoms with van der Waals surface area (Å²) in [5, 5.41) is 3.09. The van der Waals surface area contributed by atoms with Gasteiger partial charge >= 0.3 is 0 Å². The zero-order valence-electron chi connectivity index (χ0n) is 6.92. The molecule has 0 aromatic heterocycles. The molecule has 0 rings (SSSR count). The third-order valence-electron chi connectivity index (χ3n) is 1.32. The summed E-state index contributed by atoms with van der Waals surface area (Å²) in [6, 6.07) is 0. The van der Waals surface area contributed by atoms with Gasteiger partial charge in [0.2, 0.25) is 0 Å². The molecule has 0 aromatic carbocycles. The van der Waals surface area contributed by atoms with Gasteiger partial charge in [0, 0.05) is 20.4 Å². The molecule has 0 atom stereocenters. The van der Waals surface area contributed by atoms with E-state index in [0.29, 0.717) is 0 Å². The molecule has 0 heterocycles. The smallest absolute Gasteiger partial charge is 0.0417 e. The maximum absolute atomic E-state index is 5.33. The lowest BCUT2D eigenvalue weighted by Gasteiger charge is -1.98. The zero-order valence-corrected chi connectivity index (χ0v) is 6.92. The molecule has 11 heavy (non-hydrogen) atoms. The van der Waals surface area contributed by atoms with Crippen LogP contribution in [0.1, 0.15) is 20.7 Å². The maximum Gasteiger partial charge on any atom is 0.0417 e. The molecule has 3 nitrogen and oxygen atoms in total. The van der Waals surface area contributed by atoms with Crippen molar-refractivity contribution in [3.05, 3.63) is 12.4 Å². The molecule has 0 radical (unpaired) electrons. The first-order valence-corrected chi connectivity index (χ1v) is 3.96. The molecule has 0 aliphatic carbocycles. The second kappa shape index (κ2) is 9.17. The standard InChI is InChI=1S/C8H17N3.H2/c1-10-7-8-11-6-4-2-3-5-9;/h7-8,11H,1-6,9H2;1H/b8-7-;. The van der Waals surface area contributed by atoms with Crippen molar-refractivity contribution in [2.45, 2.75) is 19.3 Å². The van der Waals surface area contributed by atoms with Crippen molar-refractivity contribution in [1.82, 2.24) is 5.32 Å². The molecule has 0 aromatic rings. The number of hydrogen-bond donors (Lipinski definition) is 2. The van der Waals surface area contributed by atoms with Crippen LogP contribution in [0.5, 0.6) is 0 Å². The van der Waals surface area contributed by atoms with Crippen LogP contribution in [0.25, 0.3) is 0 Å². The molecule has 0 fully saturated rings. The number of unbranched alkanes of at least 4 members (excludes halogenated alkanes) is 2. The molecule has 0 aliphatic heterocycles. The van der Waals surface area contributed by atoms with Crippen LogP contribution in [-0.2, 0) is 0 Å². The Morgan fingerprint density at radius 3 is 2.91 bits per heavy atom. The van der Waals surface area contributed by atoms with E-state index in [9.17, 15) is 0 Å². The van der Waals surface area contributed by atoms with E-state index in [1.807, 2.05) is 0 Å². The Balaban J connectivity index is 0. The molecule has 3 heteroatoms. The molecular formula is C8H19N3. The van der Waals surface area contributed by atoms with Crippen LogP contribution >= 0.6 is 0 Å². The van der Waals surface area contributed by atoms with Crippen molar-refractivity contribution in [2.24, 2.45) is 10.7 Å². The van der Waals surface area contributed by atoms with Crippen molar-refractivity contribution in [1.29, 1.82) is 0 Å². The van der Waals surface area contributed by atoms with Crippen LogP contribution in [0, 0.1) is 0 Å². The topological polar surface area (TPSA) is 50.4 Å². The lowest BCUT2D eigenvalue weighted by Crippen LogP contribution is -2.07. The first-order chi connectivity index (χ1) is 5.41. The summed E-state index contributed by atoms with van der Waals surface area (Å²) in [6.07, 6.45) is 6.92. The van der Waals surface area contributed by atoms with Crippen molar-refractivity contribution < 1.29 is 1.43 Å². The highest BCUT2D eigenvalue weighted by atomic mass is 14.8. The van der Waals surface area contributed by atoms with Crippen LogP contribution in [0.15, 0.2) is 17.4 Å². The predicted octanol–water partition coefficient (Wildman–Crippen LogP) is 1.12. The first kappa shape index (κ1) is 10.2. The summed E-state index contributed by atoms with van der Waals surface area (Å²) < 4.78 is 0. The third kappa shape index (κ3) is 9.17. The van der Waals surface area contributed by atoms with E-state index in [2.05, 4.69) is 17.0 Å². The molecule has 0 saturated carbocycles. The fourth-order valence-corrected chi connectivity index (χ4v) is 0.737. The minimum Gasteiger partial charge on any atom is -0.390 e. The van der Waals surface area contributed by atoms with Crippen LogP contribution < -0.4 is 11.1 Å². The van der Waals surface area contributed by atoms with Crippen molar-refractivity contribution >= 4 is 6.72 Å². The normalized spacial score (nSPS) is 10.3. The largest absolute Gasteiger partial charge is 0.390 e. The Labute approximate surface area is 69.9 Å². The molecule has 3 N–H and O–H groups in total. The van der Waals surface area contributed by atoms with Gasteiger partial charge in [0.15, 0.2) is 0 Å². The SMILES string of the molecule is C=N/C=C\NCCCCCN.[HH]. The lowest BCUT2D eigenvalue weighted by atomic mass is 10.2. The van der Waals surface area contributed by atoms with Crippen molar-refractivity contribution in [2.75, 3.05) is 13.1 Å². The Kier molecular flexibility index (Phi) is 8.48. The summed E-state index contributed by atoms with van der Waals surface area (Å²) in [6.45, 7) is 5.10. The lowest BCUT2D eigenvalue weighted by molar-refractivity contribution is 0.661. The molecule has 0 unspecified atom stereocenters. The van der Waals surface area contributed by atoms with Crippen LogP contribution in [-0.4, -0.2) is 19.8 Å². The number of nitrogens with two attached hydrogens (primary N) is 1. The molecule has 0 spiro atoms. The van der Waals surface area contributed by atoms with Gasteiger partial charge in [0.1, 0.15) is 0 Å². The fraction of sp³-hybridized carbons (Fsp3) is 0.625. The maximum atomic E-state index is 5.33. The minimum absolute atomic E-state index is 0. The highest BCUT2D eigenvalue weighted by molar-refractivity contribution is 5.25. The van der Waals surface area contributed by atoms with Gasteiger partial charge in [-0.1, -0.05) is 6.42 Å². The van der Waals surface area contributed by atoms with Crippen LogP contribution in [0.4, 0.5) is 0 Å². The van der Waals surface area contributed by atoms with Gasteiger partial charge in [-0.15, -0.1) is 0 Å². The van der Waals surface area contributed by atoms with Gasteiger partial charge in [-0.25, -0.2) is 0 Å². The van der Waals surface area contributed by atoms with Crippen molar-refractivity contribution in [3.63, 3.8) is 0 Å². The van der Waals surface area contributed by atoms with E-state index >= 15 is 0 Å². The highest BCUT2D eigenvalue weighted by Crippen LogP contribution is 1.90. The van der Waals surface area contributed by atoms with E-state index in [0.717, 1.165) is 19.5 Å². The average Bonchev–Trinajstić information content (AvgIpc) is 2.03. The zero-order chi connectivity index (χ0) is 8.36. The minimum atomic E-state index is 0. The molecule has 0 saturated heterocycles. The second-order valence-electron chi connectivity index (χ2n) is 2.30. The van der Waals surface area contributed by atoms with Crippen LogP contribution in [0.2, 0.25) is 0 Å². The average molecular weight is 157 g/mol. The summed E-state index contributed by atoms with van der Waals surface area (Å²) in [5.41, 5.74) is 5.33. The van der Waals surface area contributed by atoms with Gasteiger partial charge < -0.3 is 11.1 Å². The fourth-order valence-electron chi connectivity index (χ4n) is 0.737. The summed E-state index contributed by atoms with van der Waals surface area (Å²) in [5.74, 6) is 0. The van der Waals surface area contributed by atoms with Gasteiger partial charge in [-0.2, -0.15) is 0 Å². The summed E-state index contributed by atoms with van der Waals surface area (Å²) in [4.78, 5) is 3.56. The summed E-state index contributed by atoms with van der Waals surface area (Å²) >= 11 is 0. The first-order valence-electron chi connectivity index (χ1n) is 3.96. The van der Waals surface area contributed by atoms with E-state index in [4.69, 9.17) is 5.73 Å². The quantitative estimate of drug-likeness (QED) is 0.430. The van der Waals surface area contributed by atoms with Gasteiger partial charge in [-0.05, 0) is 26.1 Å². The Bertz CT molecular complexity index is 115. The van der Waals surface area contributed by atoms with Gasteiger partial charge in [0.05, 0.1) is 0 Å². The Morgan fingerprint density at radius 2 is 2.27 bits per heavy atom. The number of aliphatic imine (C=N–C) groups is 1. The molecule has 0 bridgehead atoms. The Hall–Kier alpha value is -0.830. The second-order valence-corrected chi connectivity index (χ2v) is 2.30. The Morgan fingerprint density at radius 1 is 1.45 bits per heavy atom. The molecule has 66 valence electrons. The van der Waals surface area contributed by atoms with E-state index in [1.54, 1.807) is 12.4 Å². The predicted molar refractivity (Wildman–Crippen MR) is 51.7 cm³/mol. The highest BCUT2D eigenvalue weighted by Gasteiger charge is 1.83. The van der Waals surface area contributed by atoms with Gasteiger partial charge in [0.25, 0.3) is 0 Å². The van der Waals surface area contributed by atoms with E-state index in [-0.39, 0.29) is 1.43 Å². The number of nitrogens with zero attached hydrogens (tertiary/aromatic N) is 1. The molecule has 0 amide bonds. The monoisotopic (exact) mass is 157 g/mol. The molecular weight excluding hydrogens is 138 g/mol. The van der Waals surface area contributed by atoms with Crippen molar-refractivity contribution in [3.8, 4) is 0 Å². The third-order valence-corrected chi connectivity index (χ3v) is 1.32.